The highest BCUT2D eigenvalue weighted by Crippen LogP contribution is 2.14. The Hall–Kier alpha value is -2.49. The van der Waals surface area contributed by atoms with Crippen molar-refractivity contribution in [1.82, 2.24) is 4.90 Å². The van der Waals surface area contributed by atoms with Gasteiger partial charge in [-0.3, -0.25) is 4.79 Å². The number of para-hydroxylation sites is 1. The highest BCUT2D eigenvalue weighted by Gasteiger charge is 2.12. The Kier molecular flexibility index (Phi) is 4.82. The summed E-state index contributed by atoms with van der Waals surface area (Å²) >= 11 is 0. The molecule has 1 amide bonds. The number of anilines is 1. The molecule has 4 heteroatoms. The van der Waals surface area contributed by atoms with E-state index in [-0.39, 0.29) is 5.91 Å². The second-order valence-corrected chi connectivity index (χ2v) is 4.96. The van der Waals surface area contributed by atoms with Crippen molar-refractivity contribution in [3.8, 4) is 5.75 Å². The molecule has 2 aromatic rings. The van der Waals surface area contributed by atoms with Crippen LogP contribution >= 0.6 is 0 Å². The molecule has 2 aromatic carbocycles. The fourth-order valence-corrected chi connectivity index (χ4v) is 1.91. The molecule has 0 aromatic heterocycles. The Labute approximate surface area is 125 Å². The maximum Gasteiger partial charge on any atom is 0.253 e. The van der Waals surface area contributed by atoms with Crippen molar-refractivity contribution >= 4 is 11.6 Å². The van der Waals surface area contributed by atoms with Gasteiger partial charge in [-0.25, -0.2) is 0 Å². The molecule has 21 heavy (non-hydrogen) atoms. The number of benzene rings is 2. The second-order valence-electron chi connectivity index (χ2n) is 4.96. The van der Waals surface area contributed by atoms with Gasteiger partial charge >= 0.3 is 0 Å². The van der Waals surface area contributed by atoms with Crippen molar-refractivity contribution in [3.63, 3.8) is 0 Å². The van der Waals surface area contributed by atoms with E-state index in [0.717, 1.165) is 11.3 Å². The van der Waals surface area contributed by atoms with Crippen LogP contribution in [-0.2, 0) is 0 Å². The van der Waals surface area contributed by atoms with Crippen molar-refractivity contribution in [2.45, 2.75) is 6.92 Å². The minimum absolute atomic E-state index is 0.0571. The summed E-state index contributed by atoms with van der Waals surface area (Å²) in [5, 5.41) is 0. The lowest BCUT2D eigenvalue weighted by Gasteiger charge is -2.18. The first kappa shape index (κ1) is 14.9. The predicted molar refractivity (Wildman–Crippen MR) is 84.5 cm³/mol. The Morgan fingerprint density at radius 2 is 1.90 bits per heavy atom. The van der Waals surface area contributed by atoms with Crippen LogP contribution < -0.4 is 10.5 Å². The molecule has 0 unspecified atom stereocenters. The molecule has 0 atom stereocenters. The number of rotatable bonds is 5. The lowest BCUT2D eigenvalue weighted by atomic mass is 10.1. The Balaban J connectivity index is 1.89. The average Bonchev–Trinajstić information content (AvgIpc) is 2.50. The van der Waals surface area contributed by atoms with Gasteiger partial charge in [0.1, 0.15) is 12.4 Å². The summed E-state index contributed by atoms with van der Waals surface area (Å²) in [5.41, 5.74) is 8.04. The van der Waals surface area contributed by atoms with E-state index in [4.69, 9.17) is 10.5 Å². The van der Waals surface area contributed by atoms with Gasteiger partial charge in [-0.05, 0) is 36.8 Å². The van der Waals surface area contributed by atoms with Crippen LogP contribution in [0.4, 0.5) is 5.69 Å². The normalized spacial score (nSPS) is 10.2. The van der Waals surface area contributed by atoms with Crippen molar-refractivity contribution in [2.24, 2.45) is 0 Å². The summed E-state index contributed by atoms with van der Waals surface area (Å²) in [6, 6.07) is 14.9. The number of nitrogens with two attached hydrogens (primary N) is 1. The third-order valence-corrected chi connectivity index (χ3v) is 3.31. The van der Waals surface area contributed by atoms with E-state index in [1.54, 1.807) is 24.1 Å². The van der Waals surface area contributed by atoms with Crippen LogP contribution in [0.3, 0.4) is 0 Å². The molecule has 4 nitrogen and oxygen atoms in total. The van der Waals surface area contributed by atoms with Crippen molar-refractivity contribution < 1.29 is 9.53 Å². The summed E-state index contributed by atoms with van der Waals surface area (Å²) in [4.78, 5) is 13.9. The zero-order valence-corrected chi connectivity index (χ0v) is 12.4. The predicted octanol–water partition coefficient (Wildman–Crippen LogP) is 2.73. The first-order chi connectivity index (χ1) is 10.1. The number of hydrogen-bond donors (Lipinski definition) is 1. The fraction of sp³-hybridized carbons (Fsp3) is 0.235. The molecule has 2 N–H and O–H groups in total. The molecule has 0 aliphatic carbocycles. The van der Waals surface area contributed by atoms with Crippen molar-refractivity contribution in [3.05, 3.63) is 59.7 Å². The minimum atomic E-state index is -0.0571. The summed E-state index contributed by atoms with van der Waals surface area (Å²) in [6.45, 7) is 2.89. The molecule has 0 saturated heterocycles. The lowest BCUT2D eigenvalue weighted by Crippen LogP contribution is -2.30. The largest absolute Gasteiger partial charge is 0.492 e. The zero-order chi connectivity index (χ0) is 15.2. The number of carbonyl (C=O) groups is 1. The first-order valence-electron chi connectivity index (χ1n) is 6.87. The molecule has 0 heterocycles. The minimum Gasteiger partial charge on any atom is -0.492 e. The quantitative estimate of drug-likeness (QED) is 0.859. The van der Waals surface area contributed by atoms with Gasteiger partial charge in [-0.15, -0.1) is 0 Å². The standard InChI is InChI=1S/C17H20N2O2/c1-13-8-9-14(12-16(13)18)17(20)19(2)10-11-21-15-6-4-3-5-7-15/h3-9,12H,10-11,18H2,1-2H3. The summed E-state index contributed by atoms with van der Waals surface area (Å²) in [5.74, 6) is 0.747. The number of nitrogen functional groups attached to an aromatic ring is 1. The van der Waals surface area contributed by atoms with Crippen LogP contribution in [0.25, 0.3) is 0 Å². The van der Waals surface area contributed by atoms with Gasteiger partial charge in [0.05, 0.1) is 6.54 Å². The van der Waals surface area contributed by atoms with Gasteiger partial charge < -0.3 is 15.4 Å². The molecule has 0 aliphatic heterocycles. The number of carbonyl (C=O) groups excluding carboxylic acids is 1. The number of nitrogens with zero attached hydrogens (tertiary/aromatic N) is 1. The molecule has 110 valence electrons. The summed E-state index contributed by atoms with van der Waals surface area (Å²) in [7, 11) is 1.76. The second kappa shape index (κ2) is 6.79. The van der Waals surface area contributed by atoms with E-state index < -0.39 is 0 Å². The molecular formula is C17H20N2O2. The third-order valence-electron chi connectivity index (χ3n) is 3.31. The Bertz CT molecular complexity index is 611. The SMILES string of the molecule is Cc1ccc(C(=O)N(C)CCOc2ccccc2)cc1N. The van der Waals surface area contributed by atoms with Crippen LogP contribution in [0.5, 0.6) is 5.75 Å². The van der Waals surface area contributed by atoms with E-state index in [9.17, 15) is 4.79 Å². The van der Waals surface area contributed by atoms with Gasteiger partial charge in [0, 0.05) is 18.3 Å². The number of ether oxygens (including phenoxy) is 1. The van der Waals surface area contributed by atoms with Gasteiger partial charge in [-0.2, -0.15) is 0 Å². The monoisotopic (exact) mass is 284 g/mol. The molecule has 0 radical (unpaired) electrons. The van der Waals surface area contributed by atoms with Crippen LogP contribution in [0.2, 0.25) is 0 Å². The summed E-state index contributed by atoms with van der Waals surface area (Å²) < 4.78 is 5.59. The number of hydrogen-bond acceptors (Lipinski definition) is 3. The van der Waals surface area contributed by atoms with E-state index in [0.29, 0.717) is 24.4 Å². The zero-order valence-electron chi connectivity index (χ0n) is 12.4. The molecule has 0 bridgehead atoms. The molecule has 0 fully saturated rings. The van der Waals surface area contributed by atoms with Crippen LogP contribution in [0, 0.1) is 6.92 Å². The van der Waals surface area contributed by atoms with E-state index in [2.05, 4.69) is 0 Å². The van der Waals surface area contributed by atoms with Crippen molar-refractivity contribution in [1.29, 1.82) is 0 Å². The topological polar surface area (TPSA) is 55.6 Å². The van der Waals surface area contributed by atoms with Crippen LogP contribution in [-0.4, -0.2) is 31.0 Å². The first-order valence-corrected chi connectivity index (χ1v) is 6.87. The molecule has 2 rings (SSSR count). The fourth-order valence-electron chi connectivity index (χ4n) is 1.91. The molecular weight excluding hydrogens is 264 g/mol. The van der Waals surface area contributed by atoms with Gasteiger partial charge in [0.2, 0.25) is 0 Å². The van der Waals surface area contributed by atoms with E-state index in [1.807, 2.05) is 43.3 Å². The van der Waals surface area contributed by atoms with Gasteiger partial charge in [0.15, 0.2) is 0 Å². The molecule has 0 aliphatic rings. The Morgan fingerprint density at radius 3 is 2.57 bits per heavy atom. The van der Waals surface area contributed by atoms with Crippen LogP contribution in [0.15, 0.2) is 48.5 Å². The molecule has 0 saturated carbocycles. The highest BCUT2D eigenvalue weighted by molar-refractivity contribution is 5.95. The van der Waals surface area contributed by atoms with Crippen LogP contribution in [0.1, 0.15) is 15.9 Å². The summed E-state index contributed by atoms with van der Waals surface area (Å²) in [6.07, 6.45) is 0. The number of likely N-dealkylation sites (N-methyl/N-ethyl adjacent to an activating group) is 1. The highest BCUT2D eigenvalue weighted by atomic mass is 16.5. The lowest BCUT2D eigenvalue weighted by molar-refractivity contribution is 0.0774. The third kappa shape index (κ3) is 3.99. The van der Waals surface area contributed by atoms with Gasteiger partial charge in [0.25, 0.3) is 5.91 Å². The van der Waals surface area contributed by atoms with E-state index in [1.165, 1.54) is 0 Å². The number of aryl methyl sites for hydroxylation is 1. The smallest absolute Gasteiger partial charge is 0.253 e. The maximum absolute atomic E-state index is 12.3. The van der Waals surface area contributed by atoms with Crippen molar-refractivity contribution in [2.75, 3.05) is 25.9 Å². The Morgan fingerprint density at radius 1 is 1.19 bits per heavy atom. The maximum atomic E-state index is 12.3. The van der Waals surface area contributed by atoms with Gasteiger partial charge in [-0.1, -0.05) is 24.3 Å². The average molecular weight is 284 g/mol. The van der Waals surface area contributed by atoms with E-state index >= 15 is 0 Å². The molecule has 0 spiro atoms. The number of amides is 1.